The highest BCUT2D eigenvalue weighted by atomic mass is 79.9. The number of carbonyl (C=O) groups excluding carboxylic acids is 1. The molecule has 0 fully saturated rings. The van der Waals surface area contributed by atoms with Crippen LogP contribution in [-0.2, 0) is 4.79 Å². The molecular formula is C17H16BrN3O2. The number of rotatable bonds is 5. The SMILES string of the molecule is CC(NC(=O)COc1ccc(Br)cc1)c1nc2ccccc2[nH]1. The number of benzene rings is 2. The van der Waals surface area contributed by atoms with Crippen LogP contribution in [0.5, 0.6) is 5.75 Å². The van der Waals surface area contributed by atoms with Crippen molar-refractivity contribution in [3.05, 3.63) is 58.8 Å². The molecule has 0 bridgehead atoms. The molecular weight excluding hydrogens is 358 g/mol. The van der Waals surface area contributed by atoms with Gasteiger partial charge in [-0.05, 0) is 43.3 Å². The molecule has 0 aliphatic rings. The van der Waals surface area contributed by atoms with E-state index in [1.807, 2.05) is 43.3 Å². The third-order valence-electron chi connectivity index (χ3n) is 3.38. The normalized spacial score (nSPS) is 12.1. The monoisotopic (exact) mass is 373 g/mol. The van der Waals surface area contributed by atoms with Crippen molar-refractivity contribution >= 4 is 32.9 Å². The van der Waals surface area contributed by atoms with E-state index in [2.05, 4.69) is 31.2 Å². The van der Waals surface area contributed by atoms with Crippen molar-refractivity contribution in [1.82, 2.24) is 15.3 Å². The average Bonchev–Trinajstić information content (AvgIpc) is 2.98. The van der Waals surface area contributed by atoms with Crippen molar-refractivity contribution in [3.8, 4) is 5.75 Å². The van der Waals surface area contributed by atoms with Crippen LogP contribution < -0.4 is 10.1 Å². The Morgan fingerprint density at radius 1 is 1.26 bits per heavy atom. The van der Waals surface area contributed by atoms with Crippen molar-refractivity contribution < 1.29 is 9.53 Å². The minimum atomic E-state index is -0.219. The van der Waals surface area contributed by atoms with Crippen molar-refractivity contribution in [1.29, 1.82) is 0 Å². The Morgan fingerprint density at radius 2 is 2.00 bits per heavy atom. The van der Waals surface area contributed by atoms with E-state index in [9.17, 15) is 4.79 Å². The number of ether oxygens (including phenoxy) is 1. The molecule has 3 rings (SSSR count). The highest BCUT2D eigenvalue weighted by Crippen LogP contribution is 2.17. The smallest absolute Gasteiger partial charge is 0.258 e. The summed E-state index contributed by atoms with van der Waals surface area (Å²) in [6, 6.07) is 14.9. The summed E-state index contributed by atoms with van der Waals surface area (Å²) in [7, 11) is 0. The number of amides is 1. The van der Waals surface area contributed by atoms with Crippen LogP contribution in [-0.4, -0.2) is 22.5 Å². The highest BCUT2D eigenvalue weighted by molar-refractivity contribution is 9.10. The number of hydrogen-bond acceptors (Lipinski definition) is 3. The average molecular weight is 374 g/mol. The Hall–Kier alpha value is -2.34. The summed E-state index contributed by atoms with van der Waals surface area (Å²) in [5.41, 5.74) is 1.84. The molecule has 0 saturated heterocycles. The van der Waals surface area contributed by atoms with Crippen molar-refractivity contribution in [2.24, 2.45) is 0 Å². The Labute approximate surface area is 142 Å². The van der Waals surface area contributed by atoms with Crippen molar-refractivity contribution in [2.45, 2.75) is 13.0 Å². The first-order valence-electron chi connectivity index (χ1n) is 7.24. The molecule has 6 heteroatoms. The highest BCUT2D eigenvalue weighted by Gasteiger charge is 2.13. The Balaban J connectivity index is 1.57. The number of aromatic amines is 1. The minimum Gasteiger partial charge on any atom is -0.484 e. The predicted octanol–water partition coefficient (Wildman–Crippen LogP) is 3.58. The molecule has 0 saturated carbocycles. The van der Waals surface area contributed by atoms with Gasteiger partial charge in [-0.2, -0.15) is 0 Å². The number of fused-ring (bicyclic) bond motifs is 1. The second kappa shape index (κ2) is 6.83. The number of hydrogen-bond donors (Lipinski definition) is 2. The molecule has 0 aliphatic carbocycles. The number of para-hydroxylation sites is 2. The summed E-state index contributed by atoms with van der Waals surface area (Å²) in [5, 5.41) is 2.87. The quantitative estimate of drug-likeness (QED) is 0.718. The second-order valence-electron chi connectivity index (χ2n) is 5.17. The van der Waals surface area contributed by atoms with Gasteiger partial charge >= 0.3 is 0 Å². The van der Waals surface area contributed by atoms with Crippen LogP contribution in [0.25, 0.3) is 11.0 Å². The van der Waals surface area contributed by atoms with E-state index in [1.165, 1.54) is 0 Å². The lowest BCUT2D eigenvalue weighted by Gasteiger charge is -2.12. The van der Waals surface area contributed by atoms with Gasteiger partial charge in [0, 0.05) is 4.47 Å². The fourth-order valence-electron chi connectivity index (χ4n) is 2.21. The van der Waals surface area contributed by atoms with E-state index in [0.29, 0.717) is 5.75 Å². The fraction of sp³-hybridized carbons (Fsp3) is 0.176. The zero-order chi connectivity index (χ0) is 16.2. The van der Waals surface area contributed by atoms with Gasteiger partial charge in [0.05, 0.1) is 17.1 Å². The third-order valence-corrected chi connectivity index (χ3v) is 3.91. The summed E-state index contributed by atoms with van der Waals surface area (Å²) < 4.78 is 6.42. The van der Waals surface area contributed by atoms with Crippen LogP contribution in [0.4, 0.5) is 0 Å². The van der Waals surface area contributed by atoms with E-state index < -0.39 is 0 Å². The number of nitrogens with one attached hydrogen (secondary N) is 2. The molecule has 1 atom stereocenters. The Kier molecular flexibility index (Phi) is 4.62. The second-order valence-corrected chi connectivity index (χ2v) is 6.09. The van der Waals surface area contributed by atoms with Gasteiger partial charge < -0.3 is 15.0 Å². The van der Waals surface area contributed by atoms with E-state index in [4.69, 9.17) is 4.74 Å². The fourth-order valence-corrected chi connectivity index (χ4v) is 2.47. The van der Waals surface area contributed by atoms with E-state index >= 15 is 0 Å². The van der Waals surface area contributed by atoms with Crippen LogP contribution in [0.2, 0.25) is 0 Å². The van der Waals surface area contributed by atoms with Crippen LogP contribution in [0.15, 0.2) is 53.0 Å². The van der Waals surface area contributed by atoms with E-state index in [0.717, 1.165) is 21.3 Å². The molecule has 0 aliphatic heterocycles. The summed E-state index contributed by atoms with van der Waals surface area (Å²) in [5.74, 6) is 1.18. The first kappa shape index (κ1) is 15.6. The molecule has 2 N–H and O–H groups in total. The number of carbonyl (C=O) groups is 1. The van der Waals surface area contributed by atoms with Gasteiger partial charge in [0.25, 0.3) is 5.91 Å². The third kappa shape index (κ3) is 3.90. The predicted molar refractivity (Wildman–Crippen MR) is 92.3 cm³/mol. The van der Waals surface area contributed by atoms with E-state index in [-0.39, 0.29) is 18.6 Å². The van der Waals surface area contributed by atoms with Crippen LogP contribution in [0.1, 0.15) is 18.8 Å². The van der Waals surface area contributed by atoms with Gasteiger partial charge in [-0.1, -0.05) is 28.1 Å². The molecule has 1 aromatic heterocycles. The van der Waals surface area contributed by atoms with Crippen LogP contribution in [0.3, 0.4) is 0 Å². The molecule has 118 valence electrons. The number of aromatic nitrogens is 2. The zero-order valence-electron chi connectivity index (χ0n) is 12.5. The minimum absolute atomic E-state index is 0.0355. The summed E-state index contributed by atoms with van der Waals surface area (Å²) >= 11 is 3.35. The van der Waals surface area contributed by atoms with Gasteiger partial charge in [-0.3, -0.25) is 4.79 Å². The van der Waals surface area contributed by atoms with Crippen LogP contribution in [0, 0.1) is 0 Å². The lowest BCUT2D eigenvalue weighted by molar-refractivity contribution is -0.123. The topological polar surface area (TPSA) is 67.0 Å². The Morgan fingerprint density at radius 3 is 2.74 bits per heavy atom. The largest absolute Gasteiger partial charge is 0.484 e. The molecule has 1 amide bonds. The van der Waals surface area contributed by atoms with Gasteiger partial charge in [0.1, 0.15) is 11.6 Å². The first-order chi connectivity index (χ1) is 11.1. The maximum atomic E-state index is 12.0. The summed E-state index contributed by atoms with van der Waals surface area (Å²) in [4.78, 5) is 19.7. The lowest BCUT2D eigenvalue weighted by Crippen LogP contribution is -2.31. The first-order valence-corrected chi connectivity index (χ1v) is 8.03. The van der Waals surface area contributed by atoms with E-state index in [1.54, 1.807) is 12.1 Å². The molecule has 3 aromatic rings. The maximum Gasteiger partial charge on any atom is 0.258 e. The summed E-state index contributed by atoms with van der Waals surface area (Å²) in [6.45, 7) is 1.85. The molecule has 23 heavy (non-hydrogen) atoms. The van der Waals surface area contributed by atoms with Crippen molar-refractivity contribution in [2.75, 3.05) is 6.61 Å². The van der Waals surface area contributed by atoms with Gasteiger partial charge in [-0.15, -0.1) is 0 Å². The standard InChI is InChI=1S/C17H16BrN3O2/c1-11(17-20-14-4-2-3-5-15(14)21-17)19-16(22)10-23-13-8-6-12(18)7-9-13/h2-9,11H,10H2,1H3,(H,19,22)(H,20,21). The molecule has 0 spiro atoms. The van der Waals surface area contributed by atoms with Gasteiger partial charge in [-0.25, -0.2) is 4.98 Å². The number of halogens is 1. The maximum absolute atomic E-state index is 12.0. The number of nitrogens with zero attached hydrogens (tertiary/aromatic N) is 1. The Bertz CT molecular complexity index is 781. The van der Waals surface area contributed by atoms with Gasteiger partial charge in [0.15, 0.2) is 6.61 Å². The molecule has 1 unspecified atom stereocenters. The van der Waals surface area contributed by atoms with Crippen molar-refractivity contribution in [3.63, 3.8) is 0 Å². The van der Waals surface area contributed by atoms with Crippen LogP contribution >= 0.6 is 15.9 Å². The zero-order valence-corrected chi connectivity index (χ0v) is 14.1. The molecule has 0 radical (unpaired) electrons. The number of H-pyrrole nitrogens is 1. The van der Waals surface area contributed by atoms with Gasteiger partial charge in [0.2, 0.25) is 0 Å². The lowest BCUT2D eigenvalue weighted by atomic mass is 10.3. The molecule has 1 heterocycles. The molecule has 2 aromatic carbocycles. The molecule has 5 nitrogen and oxygen atoms in total. The number of imidazole rings is 1. The summed E-state index contributed by atoms with van der Waals surface area (Å²) in [6.07, 6.45) is 0.